The molecule has 0 bridgehead atoms. The van der Waals surface area contributed by atoms with Crippen LogP contribution in [-0.2, 0) is 0 Å². The molecule has 1 aromatic heterocycles. The molecule has 3 nitrogen and oxygen atoms in total. The Balaban J connectivity index is 2.15. The topological polar surface area (TPSA) is 34.2 Å². The summed E-state index contributed by atoms with van der Waals surface area (Å²) in [4.78, 5) is 4.34. The Morgan fingerprint density at radius 1 is 1.32 bits per heavy atom. The van der Waals surface area contributed by atoms with E-state index in [2.05, 4.69) is 30.2 Å². The van der Waals surface area contributed by atoms with Crippen molar-refractivity contribution in [2.75, 3.05) is 6.54 Å². The first kappa shape index (κ1) is 14.3. The molecule has 2 rings (SSSR count). The zero-order valence-electron chi connectivity index (χ0n) is 12.5. The van der Waals surface area contributed by atoms with Gasteiger partial charge in [0.1, 0.15) is 5.75 Å². The summed E-state index contributed by atoms with van der Waals surface area (Å²) in [6, 6.07) is 2.53. The Kier molecular flexibility index (Phi) is 4.81. The highest BCUT2D eigenvalue weighted by atomic mass is 16.5. The van der Waals surface area contributed by atoms with Gasteiger partial charge in [0.2, 0.25) is 0 Å². The lowest BCUT2D eigenvalue weighted by molar-refractivity contribution is 0.240. The smallest absolute Gasteiger partial charge is 0.138 e. The standard InChI is InChI=1S/C16H26N2O/c1-5-18-16(12(4)13-6-7-13)14-8-15(10-17-9-14)19-11(2)3/h8-13,16,18H,5-7H2,1-4H3. The number of ether oxygens (including phenoxy) is 1. The largest absolute Gasteiger partial charge is 0.489 e. The summed E-state index contributed by atoms with van der Waals surface area (Å²) in [5, 5.41) is 3.60. The number of hydrogen-bond donors (Lipinski definition) is 1. The third-order valence-corrected chi connectivity index (χ3v) is 3.78. The monoisotopic (exact) mass is 262 g/mol. The molecular formula is C16H26N2O. The Morgan fingerprint density at radius 3 is 2.63 bits per heavy atom. The lowest BCUT2D eigenvalue weighted by Crippen LogP contribution is -2.28. The molecule has 1 fully saturated rings. The summed E-state index contributed by atoms with van der Waals surface area (Å²) in [5.74, 6) is 2.41. The van der Waals surface area contributed by atoms with Crippen LogP contribution < -0.4 is 10.1 Å². The first-order valence-corrected chi connectivity index (χ1v) is 7.46. The zero-order chi connectivity index (χ0) is 13.8. The second-order valence-electron chi connectivity index (χ2n) is 5.85. The molecule has 19 heavy (non-hydrogen) atoms. The number of hydrogen-bond acceptors (Lipinski definition) is 3. The van der Waals surface area contributed by atoms with E-state index in [0.717, 1.165) is 18.2 Å². The first-order chi connectivity index (χ1) is 9.11. The van der Waals surface area contributed by atoms with Gasteiger partial charge in [-0.1, -0.05) is 13.8 Å². The van der Waals surface area contributed by atoms with Crippen LogP contribution in [0.5, 0.6) is 5.75 Å². The van der Waals surface area contributed by atoms with Crippen molar-refractivity contribution in [2.45, 2.75) is 52.7 Å². The molecule has 1 aliphatic carbocycles. The van der Waals surface area contributed by atoms with Crippen LogP contribution in [0.15, 0.2) is 18.5 Å². The van der Waals surface area contributed by atoms with Crippen molar-refractivity contribution in [3.63, 3.8) is 0 Å². The molecule has 0 aliphatic heterocycles. The minimum absolute atomic E-state index is 0.190. The van der Waals surface area contributed by atoms with Gasteiger partial charge in [-0.05, 0) is 56.7 Å². The van der Waals surface area contributed by atoms with Crippen LogP contribution in [0.25, 0.3) is 0 Å². The quantitative estimate of drug-likeness (QED) is 0.815. The van der Waals surface area contributed by atoms with Gasteiger partial charge in [0.25, 0.3) is 0 Å². The van der Waals surface area contributed by atoms with Crippen LogP contribution in [0.1, 0.15) is 52.1 Å². The molecule has 0 saturated heterocycles. The number of pyridine rings is 1. The Labute approximate surface area is 116 Å². The van der Waals surface area contributed by atoms with Crippen molar-refractivity contribution in [3.05, 3.63) is 24.0 Å². The van der Waals surface area contributed by atoms with Gasteiger partial charge in [-0.15, -0.1) is 0 Å². The fourth-order valence-electron chi connectivity index (χ4n) is 2.66. The lowest BCUT2D eigenvalue weighted by Gasteiger charge is -2.25. The van der Waals surface area contributed by atoms with Crippen LogP contribution >= 0.6 is 0 Å². The van der Waals surface area contributed by atoms with Crippen LogP contribution in [-0.4, -0.2) is 17.6 Å². The van der Waals surface area contributed by atoms with Gasteiger partial charge in [-0.2, -0.15) is 0 Å². The maximum atomic E-state index is 5.75. The molecular weight excluding hydrogens is 236 g/mol. The van der Waals surface area contributed by atoms with Crippen molar-refractivity contribution in [3.8, 4) is 5.75 Å². The highest BCUT2D eigenvalue weighted by Gasteiger charge is 2.33. The molecule has 0 amide bonds. The molecule has 1 heterocycles. The molecule has 1 aromatic rings. The fourth-order valence-corrected chi connectivity index (χ4v) is 2.66. The third kappa shape index (κ3) is 3.93. The summed E-state index contributed by atoms with van der Waals surface area (Å²) >= 11 is 0. The van der Waals surface area contributed by atoms with Crippen molar-refractivity contribution in [2.24, 2.45) is 11.8 Å². The zero-order valence-corrected chi connectivity index (χ0v) is 12.5. The summed E-state index contributed by atoms with van der Waals surface area (Å²) < 4.78 is 5.75. The van der Waals surface area contributed by atoms with Crippen molar-refractivity contribution >= 4 is 0 Å². The van der Waals surface area contributed by atoms with Gasteiger partial charge in [0.15, 0.2) is 0 Å². The van der Waals surface area contributed by atoms with E-state index in [0.29, 0.717) is 12.0 Å². The molecule has 1 aliphatic rings. The molecule has 0 aromatic carbocycles. The number of aromatic nitrogens is 1. The minimum atomic E-state index is 0.190. The minimum Gasteiger partial charge on any atom is -0.489 e. The van der Waals surface area contributed by atoms with Gasteiger partial charge in [0, 0.05) is 12.2 Å². The molecule has 2 unspecified atom stereocenters. The van der Waals surface area contributed by atoms with Crippen LogP contribution in [0, 0.1) is 11.8 Å². The predicted octanol–water partition coefficient (Wildman–Crippen LogP) is 3.57. The third-order valence-electron chi connectivity index (χ3n) is 3.78. The summed E-state index contributed by atoms with van der Waals surface area (Å²) in [6.07, 6.45) is 6.71. The Morgan fingerprint density at radius 2 is 2.05 bits per heavy atom. The van der Waals surface area contributed by atoms with Gasteiger partial charge >= 0.3 is 0 Å². The Bertz CT molecular complexity index is 401. The molecule has 106 valence electrons. The molecule has 2 atom stereocenters. The normalized spacial score (nSPS) is 18.4. The summed E-state index contributed by atoms with van der Waals surface area (Å²) in [5.41, 5.74) is 1.25. The van der Waals surface area contributed by atoms with Crippen LogP contribution in [0.3, 0.4) is 0 Å². The molecule has 1 saturated carbocycles. The van der Waals surface area contributed by atoms with Gasteiger partial charge < -0.3 is 10.1 Å². The first-order valence-electron chi connectivity index (χ1n) is 7.46. The maximum Gasteiger partial charge on any atom is 0.138 e. The fraction of sp³-hybridized carbons (Fsp3) is 0.688. The van der Waals surface area contributed by atoms with Crippen molar-refractivity contribution in [1.29, 1.82) is 0 Å². The van der Waals surface area contributed by atoms with E-state index in [1.54, 1.807) is 6.20 Å². The Hall–Kier alpha value is -1.09. The van der Waals surface area contributed by atoms with Crippen LogP contribution in [0.4, 0.5) is 0 Å². The summed E-state index contributed by atoms with van der Waals surface area (Å²) in [6.45, 7) is 9.58. The maximum absolute atomic E-state index is 5.75. The van der Waals surface area contributed by atoms with Crippen molar-refractivity contribution in [1.82, 2.24) is 10.3 Å². The highest BCUT2D eigenvalue weighted by molar-refractivity contribution is 5.27. The molecule has 1 N–H and O–H groups in total. The summed E-state index contributed by atoms with van der Waals surface area (Å²) in [7, 11) is 0. The predicted molar refractivity (Wildman–Crippen MR) is 78.3 cm³/mol. The second kappa shape index (κ2) is 6.38. The van der Waals surface area contributed by atoms with Gasteiger partial charge in [-0.3, -0.25) is 4.98 Å². The highest BCUT2D eigenvalue weighted by Crippen LogP contribution is 2.42. The van der Waals surface area contributed by atoms with E-state index in [-0.39, 0.29) is 6.10 Å². The molecule has 0 spiro atoms. The number of nitrogens with zero attached hydrogens (tertiary/aromatic N) is 1. The number of nitrogens with one attached hydrogen (secondary N) is 1. The van der Waals surface area contributed by atoms with E-state index < -0.39 is 0 Å². The molecule has 3 heteroatoms. The lowest BCUT2D eigenvalue weighted by atomic mass is 9.91. The van der Waals surface area contributed by atoms with E-state index in [9.17, 15) is 0 Å². The number of rotatable bonds is 7. The van der Waals surface area contributed by atoms with E-state index in [4.69, 9.17) is 4.74 Å². The van der Waals surface area contributed by atoms with E-state index >= 15 is 0 Å². The second-order valence-corrected chi connectivity index (χ2v) is 5.85. The molecule has 0 radical (unpaired) electrons. The van der Waals surface area contributed by atoms with Gasteiger partial charge in [0.05, 0.1) is 12.3 Å². The average Bonchev–Trinajstić information content (AvgIpc) is 3.19. The average molecular weight is 262 g/mol. The van der Waals surface area contributed by atoms with Gasteiger partial charge in [-0.25, -0.2) is 0 Å². The van der Waals surface area contributed by atoms with Crippen LogP contribution in [0.2, 0.25) is 0 Å². The van der Waals surface area contributed by atoms with E-state index in [1.807, 2.05) is 20.0 Å². The SMILES string of the molecule is CCNC(c1cncc(OC(C)C)c1)C(C)C1CC1. The van der Waals surface area contributed by atoms with E-state index in [1.165, 1.54) is 18.4 Å². The van der Waals surface area contributed by atoms with Crippen molar-refractivity contribution < 1.29 is 4.74 Å².